The summed E-state index contributed by atoms with van der Waals surface area (Å²) in [6, 6.07) is 6.12. The lowest BCUT2D eigenvalue weighted by Crippen LogP contribution is -2.38. The molecule has 2 rings (SSSR count). The van der Waals surface area contributed by atoms with E-state index in [4.69, 9.17) is 29.0 Å². The highest BCUT2D eigenvalue weighted by molar-refractivity contribution is 7.99. The van der Waals surface area contributed by atoms with Gasteiger partial charge in [0.1, 0.15) is 0 Å². The summed E-state index contributed by atoms with van der Waals surface area (Å²) in [4.78, 5) is 0. The van der Waals surface area contributed by atoms with Crippen molar-refractivity contribution in [3.05, 3.63) is 33.8 Å². The van der Waals surface area contributed by atoms with Crippen molar-refractivity contribution in [3.8, 4) is 0 Å². The smallest absolute Gasteiger partial charge is 0.0595 e. The van der Waals surface area contributed by atoms with E-state index in [1.165, 1.54) is 29.9 Å². The van der Waals surface area contributed by atoms with Gasteiger partial charge in [0, 0.05) is 6.04 Å². The van der Waals surface area contributed by atoms with Gasteiger partial charge >= 0.3 is 0 Å². The van der Waals surface area contributed by atoms with Gasteiger partial charge in [0.05, 0.1) is 10.0 Å². The van der Waals surface area contributed by atoms with Crippen molar-refractivity contribution in [2.24, 2.45) is 11.8 Å². The SMILES string of the molecule is NNC(Cc1ccc(Cl)c(Cl)c1)CC1CCSCC1. The van der Waals surface area contributed by atoms with Crippen LogP contribution in [0.15, 0.2) is 18.2 Å². The number of nitrogens with one attached hydrogen (secondary N) is 1. The Balaban J connectivity index is 1.92. The van der Waals surface area contributed by atoms with Crippen LogP contribution in [0.1, 0.15) is 24.8 Å². The molecule has 1 aromatic rings. The number of nitrogens with two attached hydrogens (primary N) is 1. The summed E-state index contributed by atoms with van der Waals surface area (Å²) in [5, 5.41) is 1.22. The standard InChI is InChI=1S/C14H20Cl2N2S/c15-13-2-1-11(9-14(13)16)8-12(18-17)7-10-3-5-19-6-4-10/h1-2,9-10,12,18H,3-8,17H2. The third kappa shape index (κ3) is 4.83. The first-order valence-corrected chi connectivity index (χ1v) is 8.58. The topological polar surface area (TPSA) is 38.0 Å². The molecule has 106 valence electrons. The van der Waals surface area contributed by atoms with Crippen molar-refractivity contribution >= 4 is 35.0 Å². The molecule has 5 heteroatoms. The third-order valence-electron chi connectivity index (χ3n) is 3.66. The molecular formula is C14H20Cl2N2S. The van der Waals surface area contributed by atoms with E-state index in [9.17, 15) is 0 Å². The van der Waals surface area contributed by atoms with E-state index in [0.29, 0.717) is 16.1 Å². The molecule has 1 atom stereocenters. The average Bonchev–Trinajstić information content (AvgIpc) is 2.43. The quantitative estimate of drug-likeness (QED) is 0.638. The van der Waals surface area contributed by atoms with E-state index in [1.807, 2.05) is 18.2 Å². The van der Waals surface area contributed by atoms with Crippen LogP contribution >= 0.6 is 35.0 Å². The van der Waals surface area contributed by atoms with Crippen LogP contribution in [0, 0.1) is 5.92 Å². The molecular weight excluding hydrogens is 299 g/mol. The van der Waals surface area contributed by atoms with Gasteiger partial charge in [-0.3, -0.25) is 11.3 Å². The highest BCUT2D eigenvalue weighted by atomic mass is 35.5. The molecule has 0 aromatic heterocycles. The molecule has 1 aliphatic heterocycles. The fourth-order valence-corrected chi connectivity index (χ4v) is 4.07. The maximum atomic E-state index is 6.05. The molecule has 19 heavy (non-hydrogen) atoms. The van der Waals surface area contributed by atoms with Gasteiger partial charge in [0.2, 0.25) is 0 Å². The number of rotatable bonds is 5. The van der Waals surface area contributed by atoms with Crippen molar-refractivity contribution in [2.45, 2.75) is 31.7 Å². The summed E-state index contributed by atoms with van der Waals surface area (Å²) in [6.45, 7) is 0. The second kappa shape index (κ2) is 7.75. The Bertz CT molecular complexity index is 408. The Labute approximate surface area is 129 Å². The zero-order valence-electron chi connectivity index (χ0n) is 10.9. The van der Waals surface area contributed by atoms with Crippen LogP contribution in [-0.4, -0.2) is 17.5 Å². The number of benzene rings is 1. The number of halogens is 2. The predicted octanol–water partition coefficient (Wildman–Crippen LogP) is 3.90. The van der Waals surface area contributed by atoms with Crippen molar-refractivity contribution in [2.75, 3.05) is 11.5 Å². The maximum absolute atomic E-state index is 6.05. The summed E-state index contributed by atoms with van der Waals surface area (Å²) in [5.41, 5.74) is 4.13. The van der Waals surface area contributed by atoms with Gasteiger partial charge in [-0.05, 0) is 60.8 Å². The van der Waals surface area contributed by atoms with Crippen molar-refractivity contribution in [1.82, 2.24) is 5.43 Å². The second-order valence-electron chi connectivity index (χ2n) is 5.11. The van der Waals surface area contributed by atoms with Crippen LogP contribution in [0.25, 0.3) is 0 Å². The first kappa shape index (κ1) is 15.5. The van der Waals surface area contributed by atoms with E-state index in [1.54, 1.807) is 0 Å². The molecule has 0 aliphatic carbocycles. The second-order valence-corrected chi connectivity index (χ2v) is 7.15. The predicted molar refractivity (Wildman–Crippen MR) is 85.9 cm³/mol. The summed E-state index contributed by atoms with van der Waals surface area (Å²) < 4.78 is 0. The molecule has 1 fully saturated rings. The van der Waals surface area contributed by atoms with Gasteiger partial charge < -0.3 is 0 Å². The minimum Gasteiger partial charge on any atom is -0.271 e. The Kier molecular flexibility index (Phi) is 6.30. The molecule has 0 saturated carbocycles. The monoisotopic (exact) mass is 318 g/mol. The van der Waals surface area contributed by atoms with E-state index < -0.39 is 0 Å². The fraction of sp³-hybridized carbons (Fsp3) is 0.571. The molecule has 1 aromatic carbocycles. The fourth-order valence-electron chi connectivity index (χ4n) is 2.55. The van der Waals surface area contributed by atoms with E-state index in [-0.39, 0.29) is 0 Å². The summed E-state index contributed by atoms with van der Waals surface area (Å²) in [5.74, 6) is 9.06. The van der Waals surface area contributed by atoms with Crippen molar-refractivity contribution < 1.29 is 0 Å². The van der Waals surface area contributed by atoms with E-state index in [2.05, 4.69) is 17.2 Å². The molecule has 0 bridgehead atoms. The first-order chi connectivity index (χ1) is 9.19. The zero-order chi connectivity index (χ0) is 13.7. The van der Waals surface area contributed by atoms with Crippen LogP contribution in [0.4, 0.5) is 0 Å². The Morgan fingerprint density at radius 1 is 1.26 bits per heavy atom. The minimum absolute atomic E-state index is 0.311. The molecule has 1 heterocycles. The third-order valence-corrected chi connectivity index (χ3v) is 5.45. The van der Waals surface area contributed by atoms with Crippen LogP contribution in [0.2, 0.25) is 10.0 Å². The van der Waals surface area contributed by atoms with Gasteiger partial charge in [-0.1, -0.05) is 29.3 Å². The van der Waals surface area contributed by atoms with Crippen LogP contribution in [0.5, 0.6) is 0 Å². The molecule has 1 saturated heterocycles. The molecule has 0 amide bonds. The number of thioether (sulfide) groups is 1. The van der Waals surface area contributed by atoms with E-state index in [0.717, 1.165) is 18.8 Å². The average molecular weight is 319 g/mol. The number of hydrogen-bond donors (Lipinski definition) is 2. The summed E-state index contributed by atoms with van der Waals surface area (Å²) >= 11 is 14.0. The summed E-state index contributed by atoms with van der Waals surface area (Å²) in [6.07, 6.45) is 4.66. The lowest BCUT2D eigenvalue weighted by atomic mass is 9.91. The van der Waals surface area contributed by atoms with Gasteiger partial charge in [-0.15, -0.1) is 0 Å². The molecule has 1 unspecified atom stereocenters. The largest absolute Gasteiger partial charge is 0.271 e. The van der Waals surface area contributed by atoms with Gasteiger partial charge in [-0.2, -0.15) is 11.8 Å². The Morgan fingerprint density at radius 3 is 2.63 bits per heavy atom. The molecule has 2 nitrogen and oxygen atoms in total. The molecule has 0 radical (unpaired) electrons. The van der Waals surface area contributed by atoms with Gasteiger partial charge in [-0.25, -0.2) is 0 Å². The highest BCUT2D eigenvalue weighted by Crippen LogP contribution is 2.28. The normalized spacial score (nSPS) is 18.5. The van der Waals surface area contributed by atoms with Crippen molar-refractivity contribution in [3.63, 3.8) is 0 Å². The molecule has 1 aliphatic rings. The minimum atomic E-state index is 0.311. The van der Waals surface area contributed by atoms with Crippen LogP contribution < -0.4 is 11.3 Å². The lowest BCUT2D eigenvalue weighted by molar-refractivity contribution is 0.366. The molecule has 0 spiro atoms. The highest BCUT2D eigenvalue weighted by Gasteiger charge is 2.19. The zero-order valence-corrected chi connectivity index (χ0v) is 13.2. The molecule has 3 N–H and O–H groups in total. The Hall–Kier alpha value is 0.0700. The van der Waals surface area contributed by atoms with E-state index >= 15 is 0 Å². The van der Waals surface area contributed by atoms with Gasteiger partial charge in [0.25, 0.3) is 0 Å². The van der Waals surface area contributed by atoms with Crippen LogP contribution in [-0.2, 0) is 6.42 Å². The maximum Gasteiger partial charge on any atom is 0.0595 e. The Morgan fingerprint density at radius 2 is 2.00 bits per heavy atom. The number of hydrazine groups is 1. The van der Waals surface area contributed by atoms with Crippen LogP contribution in [0.3, 0.4) is 0 Å². The lowest BCUT2D eigenvalue weighted by Gasteiger charge is -2.26. The number of hydrogen-bond acceptors (Lipinski definition) is 3. The first-order valence-electron chi connectivity index (χ1n) is 6.67. The summed E-state index contributed by atoms with van der Waals surface area (Å²) in [7, 11) is 0. The van der Waals surface area contributed by atoms with Crippen molar-refractivity contribution in [1.29, 1.82) is 0 Å². The van der Waals surface area contributed by atoms with Gasteiger partial charge in [0.15, 0.2) is 0 Å².